The van der Waals surface area contributed by atoms with Gasteiger partial charge in [-0.05, 0) is 62.9 Å². The third kappa shape index (κ3) is 5.98. The smallest absolute Gasteiger partial charge is 0.311 e. The molecular weight excluding hydrogens is 394 g/mol. The van der Waals surface area contributed by atoms with E-state index < -0.39 is 11.5 Å². The van der Waals surface area contributed by atoms with E-state index in [4.69, 9.17) is 9.47 Å². The molecule has 1 aliphatic heterocycles. The zero-order valence-electron chi connectivity index (χ0n) is 19.8. The molecule has 31 heavy (non-hydrogen) atoms. The van der Waals surface area contributed by atoms with Gasteiger partial charge in [-0.1, -0.05) is 39.0 Å². The highest BCUT2D eigenvalue weighted by Gasteiger charge is 2.43. The lowest BCUT2D eigenvalue weighted by Crippen LogP contribution is -2.43. The van der Waals surface area contributed by atoms with E-state index in [0.717, 1.165) is 25.7 Å². The molecule has 176 valence electrons. The average molecular weight is 436 g/mol. The first kappa shape index (κ1) is 25.6. The Bertz CT molecular complexity index is 713. The first-order valence-corrected chi connectivity index (χ1v) is 11.6. The highest BCUT2D eigenvalue weighted by atomic mass is 16.6. The number of rotatable bonds is 6. The van der Waals surface area contributed by atoms with Gasteiger partial charge in [-0.3, -0.25) is 9.59 Å². The number of hydrogen-bond donors (Lipinski definition) is 2. The molecule has 0 saturated carbocycles. The largest absolute Gasteiger partial charge is 0.462 e. The number of hydrogen-bond acceptors (Lipinski definition) is 6. The van der Waals surface area contributed by atoms with Gasteiger partial charge in [0.05, 0.1) is 17.9 Å². The minimum absolute atomic E-state index is 0. The van der Waals surface area contributed by atoms with E-state index in [-0.39, 0.29) is 42.6 Å². The predicted octanol–water partition coefficient (Wildman–Crippen LogP) is 4.75. The summed E-state index contributed by atoms with van der Waals surface area (Å²) >= 11 is 0. The first-order valence-electron chi connectivity index (χ1n) is 11.6. The fourth-order valence-electron chi connectivity index (χ4n) is 5.08. The Labute approximate surface area is 187 Å². The van der Waals surface area contributed by atoms with Crippen LogP contribution in [0.4, 0.5) is 0 Å². The molecule has 3 aliphatic rings. The van der Waals surface area contributed by atoms with Crippen molar-refractivity contribution in [2.75, 3.05) is 0 Å². The Morgan fingerprint density at radius 2 is 1.97 bits per heavy atom. The van der Waals surface area contributed by atoms with Crippen molar-refractivity contribution < 1.29 is 24.2 Å². The van der Waals surface area contributed by atoms with E-state index in [1.54, 1.807) is 0 Å². The molecule has 1 fully saturated rings. The van der Waals surface area contributed by atoms with Crippen molar-refractivity contribution in [1.82, 2.24) is 6.15 Å². The fourth-order valence-corrected chi connectivity index (χ4v) is 5.08. The molecule has 6 nitrogen and oxygen atoms in total. The summed E-state index contributed by atoms with van der Waals surface area (Å²) < 4.78 is 11.6. The summed E-state index contributed by atoms with van der Waals surface area (Å²) in [5.41, 5.74) is 0.785. The van der Waals surface area contributed by atoms with Gasteiger partial charge in [0.1, 0.15) is 12.2 Å². The quantitative estimate of drug-likeness (QED) is 0.583. The van der Waals surface area contributed by atoms with Crippen LogP contribution in [0.5, 0.6) is 0 Å². The zero-order valence-corrected chi connectivity index (χ0v) is 19.8. The molecule has 0 aromatic heterocycles. The Hall–Kier alpha value is -1.66. The van der Waals surface area contributed by atoms with Gasteiger partial charge in [-0.25, -0.2) is 0 Å². The molecule has 0 spiro atoms. The first-order chi connectivity index (χ1) is 14.1. The number of carbonyl (C=O) groups is 2. The van der Waals surface area contributed by atoms with E-state index in [1.807, 2.05) is 20.8 Å². The number of allylic oxidation sites excluding steroid dienone is 3. The molecule has 6 heteroatoms. The SMILES string of the molecule is CCC(C)(C)C(=O)O[C@H]1C[C@@H](C)C=C2C=C[C@H](C)[C@H](CC[C@@H]3C[C@@H](O)CC(=O)O3)[C@H]21.N. The van der Waals surface area contributed by atoms with Crippen molar-refractivity contribution in [2.24, 2.45) is 29.1 Å². The summed E-state index contributed by atoms with van der Waals surface area (Å²) in [5, 5.41) is 9.92. The van der Waals surface area contributed by atoms with Crippen LogP contribution in [-0.2, 0) is 19.1 Å². The van der Waals surface area contributed by atoms with Crippen LogP contribution in [-0.4, -0.2) is 35.4 Å². The van der Waals surface area contributed by atoms with Crippen molar-refractivity contribution in [1.29, 1.82) is 0 Å². The summed E-state index contributed by atoms with van der Waals surface area (Å²) in [6.45, 7) is 10.3. The second kappa shape index (κ2) is 10.3. The van der Waals surface area contributed by atoms with Crippen LogP contribution in [0.3, 0.4) is 0 Å². The van der Waals surface area contributed by atoms with Crippen LogP contribution < -0.4 is 6.15 Å². The van der Waals surface area contributed by atoms with E-state index in [2.05, 4.69) is 32.1 Å². The molecule has 7 atom stereocenters. The predicted molar refractivity (Wildman–Crippen MR) is 120 cm³/mol. The zero-order chi connectivity index (χ0) is 22.1. The minimum Gasteiger partial charge on any atom is -0.462 e. The Morgan fingerprint density at radius 3 is 2.61 bits per heavy atom. The lowest BCUT2D eigenvalue weighted by atomic mass is 9.65. The monoisotopic (exact) mass is 435 g/mol. The number of fused-ring (bicyclic) bond motifs is 1. The highest BCUT2D eigenvalue weighted by molar-refractivity contribution is 5.76. The molecule has 0 radical (unpaired) electrons. The van der Waals surface area contributed by atoms with Gasteiger partial charge in [0.15, 0.2) is 0 Å². The summed E-state index contributed by atoms with van der Waals surface area (Å²) in [6, 6.07) is 0. The third-order valence-corrected chi connectivity index (χ3v) is 7.35. The van der Waals surface area contributed by atoms with Crippen LogP contribution in [0, 0.1) is 29.1 Å². The lowest BCUT2D eigenvalue weighted by Gasteiger charge is -2.44. The molecule has 4 N–H and O–H groups in total. The number of esters is 2. The number of carbonyl (C=O) groups excluding carboxylic acids is 2. The van der Waals surface area contributed by atoms with Crippen molar-refractivity contribution in [3.63, 3.8) is 0 Å². The Balaban J connectivity index is 0.00000341. The average Bonchev–Trinajstić information content (AvgIpc) is 2.66. The van der Waals surface area contributed by atoms with Gasteiger partial charge in [0.2, 0.25) is 0 Å². The maximum Gasteiger partial charge on any atom is 0.311 e. The Morgan fingerprint density at radius 1 is 1.26 bits per heavy atom. The van der Waals surface area contributed by atoms with Gasteiger partial charge in [0.25, 0.3) is 0 Å². The molecule has 1 saturated heterocycles. The fraction of sp³-hybridized carbons (Fsp3) is 0.760. The van der Waals surface area contributed by atoms with Crippen LogP contribution in [0.1, 0.15) is 73.1 Å². The second-order valence-electron chi connectivity index (χ2n) is 10.3. The van der Waals surface area contributed by atoms with Crippen molar-refractivity contribution in [3.05, 3.63) is 23.8 Å². The van der Waals surface area contributed by atoms with Gasteiger partial charge in [-0.2, -0.15) is 0 Å². The topological polar surface area (TPSA) is 108 Å². The summed E-state index contributed by atoms with van der Waals surface area (Å²) in [7, 11) is 0. The van der Waals surface area contributed by atoms with Crippen molar-refractivity contribution in [3.8, 4) is 0 Å². The second-order valence-corrected chi connectivity index (χ2v) is 10.3. The van der Waals surface area contributed by atoms with Crippen LogP contribution in [0.15, 0.2) is 23.8 Å². The molecule has 0 amide bonds. The maximum atomic E-state index is 12.9. The molecule has 0 bridgehead atoms. The molecular formula is C25H41NO5. The highest BCUT2D eigenvalue weighted by Crippen LogP contribution is 2.45. The minimum atomic E-state index is -0.601. The van der Waals surface area contributed by atoms with Gasteiger partial charge >= 0.3 is 11.9 Å². The molecule has 0 aromatic rings. The number of cyclic esters (lactones) is 1. The van der Waals surface area contributed by atoms with Crippen LogP contribution in [0.2, 0.25) is 0 Å². The van der Waals surface area contributed by atoms with Crippen molar-refractivity contribution >= 4 is 11.9 Å². The normalized spacial score (nSPS) is 35.4. The number of aliphatic hydroxyl groups is 1. The number of aliphatic hydroxyl groups excluding tert-OH is 1. The molecule has 2 aliphatic carbocycles. The van der Waals surface area contributed by atoms with Gasteiger partial charge in [-0.15, -0.1) is 0 Å². The Kier molecular flexibility index (Phi) is 8.51. The molecule has 3 rings (SSSR count). The summed E-state index contributed by atoms with van der Waals surface area (Å²) in [4.78, 5) is 24.6. The molecule has 1 heterocycles. The lowest BCUT2D eigenvalue weighted by molar-refractivity contribution is -0.166. The van der Waals surface area contributed by atoms with Crippen LogP contribution >= 0.6 is 0 Å². The van der Waals surface area contributed by atoms with Crippen molar-refractivity contribution in [2.45, 2.75) is 91.5 Å². The van der Waals surface area contributed by atoms with E-state index in [0.29, 0.717) is 24.2 Å². The van der Waals surface area contributed by atoms with E-state index >= 15 is 0 Å². The van der Waals surface area contributed by atoms with Gasteiger partial charge in [0, 0.05) is 12.3 Å². The molecule has 0 aromatic carbocycles. The van der Waals surface area contributed by atoms with Crippen LogP contribution in [0.25, 0.3) is 0 Å². The van der Waals surface area contributed by atoms with Gasteiger partial charge < -0.3 is 20.7 Å². The summed E-state index contributed by atoms with van der Waals surface area (Å²) in [5.74, 6) is 0.776. The van der Waals surface area contributed by atoms with E-state index in [9.17, 15) is 14.7 Å². The maximum absolute atomic E-state index is 12.9. The standard InChI is InChI=1S/C25H38O5.H3N/c1-6-25(4,5)24(28)30-21-12-15(2)11-17-8-7-16(3)20(23(17)21)10-9-19-13-18(26)14-22(27)29-19;/h7-8,11,15-16,18-21,23,26H,6,9-10,12-14H2,1-5H3;1H3/t15-,16-,18+,19+,20-,21-,23-;/m0./s1. The number of ether oxygens (including phenoxy) is 2. The summed E-state index contributed by atoms with van der Waals surface area (Å²) in [6.07, 6.45) is 9.61. The molecule has 0 unspecified atom stereocenters. The third-order valence-electron chi connectivity index (χ3n) is 7.35. The van der Waals surface area contributed by atoms with E-state index in [1.165, 1.54) is 5.57 Å².